The molecule has 3 heterocycles. The maximum atomic E-state index is 13.2. The van der Waals surface area contributed by atoms with Crippen LogP contribution in [0.2, 0.25) is 0 Å². The molecule has 0 radical (unpaired) electrons. The van der Waals surface area contributed by atoms with Crippen LogP contribution in [-0.2, 0) is 0 Å². The molecule has 2 fully saturated rings. The van der Waals surface area contributed by atoms with Crippen LogP contribution in [0, 0.1) is 6.92 Å². The number of aryl methyl sites for hydroxylation is 1. The Kier molecular flexibility index (Phi) is 6.25. The van der Waals surface area contributed by atoms with E-state index in [1.165, 1.54) is 22.3 Å². The van der Waals surface area contributed by atoms with E-state index in [-0.39, 0.29) is 30.5 Å². The van der Waals surface area contributed by atoms with Crippen molar-refractivity contribution in [1.82, 2.24) is 14.8 Å². The van der Waals surface area contributed by atoms with Gasteiger partial charge in [-0.15, -0.1) is 0 Å². The molecule has 5 heteroatoms. The number of nitrogens with zero attached hydrogens (tertiary/aromatic N) is 3. The van der Waals surface area contributed by atoms with E-state index in [9.17, 15) is 9.90 Å². The van der Waals surface area contributed by atoms with Gasteiger partial charge in [0.2, 0.25) is 0 Å². The van der Waals surface area contributed by atoms with E-state index in [0.717, 1.165) is 25.9 Å². The quantitative estimate of drug-likeness (QED) is 0.662. The second-order valence-corrected chi connectivity index (χ2v) is 9.27. The average Bonchev–Trinajstić information content (AvgIpc) is 2.83. The van der Waals surface area contributed by atoms with Gasteiger partial charge in [-0.2, -0.15) is 0 Å². The van der Waals surface area contributed by atoms with Crippen molar-refractivity contribution in [3.05, 3.63) is 89.7 Å². The van der Waals surface area contributed by atoms with Gasteiger partial charge in [-0.05, 0) is 55.1 Å². The molecule has 0 bridgehead atoms. The van der Waals surface area contributed by atoms with Crippen molar-refractivity contribution in [3.8, 4) is 11.1 Å². The number of aliphatic hydroxyl groups excluding tert-OH is 1. The number of rotatable bonds is 4. The largest absolute Gasteiger partial charge is 0.395 e. The number of hydrogen-bond donors (Lipinski definition) is 1. The summed E-state index contributed by atoms with van der Waals surface area (Å²) in [6.07, 6.45) is 5.36. The molecule has 0 unspecified atom stereocenters. The summed E-state index contributed by atoms with van der Waals surface area (Å²) in [7, 11) is 0. The Morgan fingerprint density at radius 2 is 1.76 bits per heavy atom. The van der Waals surface area contributed by atoms with Crippen LogP contribution >= 0.6 is 0 Å². The lowest BCUT2D eigenvalue weighted by atomic mass is 9.74. The molecule has 5 rings (SSSR count). The molecule has 3 aromatic rings. The summed E-state index contributed by atoms with van der Waals surface area (Å²) >= 11 is 0. The molecule has 0 spiro atoms. The maximum absolute atomic E-state index is 13.2. The first-order chi connectivity index (χ1) is 16.2. The van der Waals surface area contributed by atoms with Crippen molar-refractivity contribution in [2.24, 2.45) is 0 Å². The third-order valence-electron chi connectivity index (χ3n) is 7.23. The van der Waals surface area contributed by atoms with Crippen LogP contribution in [0.25, 0.3) is 11.1 Å². The van der Waals surface area contributed by atoms with Crippen LogP contribution < -0.4 is 0 Å². The average molecular weight is 442 g/mol. The van der Waals surface area contributed by atoms with E-state index < -0.39 is 0 Å². The van der Waals surface area contributed by atoms with Gasteiger partial charge in [-0.25, -0.2) is 0 Å². The predicted molar refractivity (Wildman–Crippen MR) is 130 cm³/mol. The summed E-state index contributed by atoms with van der Waals surface area (Å²) in [6, 6.07) is 21.2. The van der Waals surface area contributed by atoms with Crippen LogP contribution in [0.4, 0.5) is 0 Å². The summed E-state index contributed by atoms with van der Waals surface area (Å²) < 4.78 is 0. The number of pyridine rings is 1. The third kappa shape index (κ3) is 4.31. The summed E-state index contributed by atoms with van der Waals surface area (Å²) in [5, 5.41) is 10.2. The van der Waals surface area contributed by atoms with Crippen molar-refractivity contribution in [2.75, 3.05) is 26.2 Å². The summed E-state index contributed by atoms with van der Waals surface area (Å²) in [5.74, 6) is 0.285. The first-order valence-electron chi connectivity index (χ1n) is 11.9. The zero-order chi connectivity index (χ0) is 22.8. The Bertz CT molecular complexity index is 1100. The molecule has 0 saturated carbocycles. The van der Waals surface area contributed by atoms with E-state index in [1.807, 2.05) is 4.90 Å². The highest BCUT2D eigenvalue weighted by molar-refractivity contribution is 5.94. The monoisotopic (exact) mass is 441 g/mol. The minimum atomic E-state index is 0.0697. The van der Waals surface area contributed by atoms with Crippen molar-refractivity contribution in [2.45, 2.75) is 37.8 Å². The van der Waals surface area contributed by atoms with Gasteiger partial charge >= 0.3 is 0 Å². The first kappa shape index (κ1) is 21.8. The third-order valence-corrected chi connectivity index (χ3v) is 7.23. The molecule has 170 valence electrons. The zero-order valence-corrected chi connectivity index (χ0v) is 19.1. The minimum Gasteiger partial charge on any atom is -0.395 e. The SMILES string of the molecule is Cc1cccc(-c2ccc([C@@H]3[C@H]4CN(C(=O)c5ccncc5)CCCCN4[C@H]3CO)cc2)c1. The molecular weight excluding hydrogens is 410 g/mol. The smallest absolute Gasteiger partial charge is 0.254 e. The molecule has 2 aliphatic heterocycles. The fourth-order valence-corrected chi connectivity index (χ4v) is 5.52. The lowest BCUT2D eigenvalue weighted by Gasteiger charge is -2.57. The Hall–Kier alpha value is -3.02. The number of aliphatic hydroxyl groups is 1. The maximum Gasteiger partial charge on any atom is 0.254 e. The first-order valence-corrected chi connectivity index (χ1v) is 11.9. The molecule has 0 aliphatic carbocycles. The van der Waals surface area contributed by atoms with Gasteiger partial charge in [0.1, 0.15) is 0 Å². The lowest BCUT2D eigenvalue weighted by molar-refractivity contribution is -0.0606. The molecule has 3 atom stereocenters. The van der Waals surface area contributed by atoms with Crippen LogP contribution in [-0.4, -0.2) is 64.1 Å². The molecule has 5 nitrogen and oxygen atoms in total. The fraction of sp³-hybridized carbons (Fsp3) is 0.357. The van der Waals surface area contributed by atoms with Crippen molar-refractivity contribution in [3.63, 3.8) is 0 Å². The highest BCUT2D eigenvalue weighted by Crippen LogP contribution is 2.42. The second kappa shape index (κ2) is 9.46. The number of fused-ring (bicyclic) bond motifs is 1. The van der Waals surface area contributed by atoms with Gasteiger partial charge in [0.15, 0.2) is 0 Å². The van der Waals surface area contributed by atoms with Gasteiger partial charge in [0, 0.05) is 49.0 Å². The number of amides is 1. The molecule has 1 amide bonds. The van der Waals surface area contributed by atoms with E-state index in [2.05, 4.69) is 65.3 Å². The van der Waals surface area contributed by atoms with Crippen LogP contribution in [0.5, 0.6) is 0 Å². The normalized spacial score (nSPS) is 23.2. The van der Waals surface area contributed by atoms with Crippen LogP contribution in [0.3, 0.4) is 0 Å². The molecule has 1 aromatic heterocycles. The van der Waals surface area contributed by atoms with Gasteiger partial charge in [-0.1, -0.05) is 54.1 Å². The van der Waals surface area contributed by atoms with E-state index in [1.54, 1.807) is 24.5 Å². The Morgan fingerprint density at radius 1 is 1.00 bits per heavy atom. The van der Waals surface area contributed by atoms with Crippen molar-refractivity contribution in [1.29, 1.82) is 0 Å². The predicted octanol–water partition coefficient (Wildman–Crippen LogP) is 4.12. The second-order valence-electron chi connectivity index (χ2n) is 9.27. The summed E-state index contributed by atoms with van der Waals surface area (Å²) in [4.78, 5) is 21.6. The van der Waals surface area contributed by atoms with E-state index in [0.29, 0.717) is 12.1 Å². The molecule has 2 aromatic carbocycles. The molecule has 33 heavy (non-hydrogen) atoms. The topological polar surface area (TPSA) is 56.7 Å². The molecule has 2 saturated heterocycles. The fourth-order valence-electron chi connectivity index (χ4n) is 5.52. The zero-order valence-electron chi connectivity index (χ0n) is 19.1. The van der Waals surface area contributed by atoms with Crippen LogP contribution in [0.15, 0.2) is 73.1 Å². The Labute approximate surface area is 195 Å². The highest BCUT2D eigenvalue weighted by atomic mass is 16.3. The van der Waals surface area contributed by atoms with Gasteiger partial charge in [0.05, 0.1) is 6.61 Å². The highest BCUT2D eigenvalue weighted by Gasteiger charge is 2.49. The molecule has 2 aliphatic rings. The van der Waals surface area contributed by atoms with Gasteiger partial charge in [0.25, 0.3) is 5.91 Å². The van der Waals surface area contributed by atoms with E-state index >= 15 is 0 Å². The number of carbonyl (C=O) groups excluding carboxylic acids is 1. The van der Waals surface area contributed by atoms with Crippen LogP contribution in [0.1, 0.15) is 40.2 Å². The van der Waals surface area contributed by atoms with Gasteiger partial charge < -0.3 is 10.0 Å². The minimum absolute atomic E-state index is 0.0697. The molecule has 1 N–H and O–H groups in total. The number of carbonyl (C=O) groups is 1. The number of aromatic nitrogens is 1. The molecular formula is C28H31N3O2. The summed E-state index contributed by atoms with van der Waals surface area (Å²) in [5.41, 5.74) is 5.60. The van der Waals surface area contributed by atoms with Crippen molar-refractivity contribution < 1.29 is 9.90 Å². The number of hydrogen-bond acceptors (Lipinski definition) is 4. The van der Waals surface area contributed by atoms with Crippen molar-refractivity contribution >= 4 is 5.91 Å². The number of benzene rings is 2. The van der Waals surface area contributed by atoms with E-state index in [4.69, 9.17) is 0 Å². The lowest BCUT2D eigenvalue weighted by Crippen LogP contribution is -2.67. The van der Waals surface area contributed by atoms with Gasteiger partial charge in [-0.3, -0.25) is 14.7 Å². The Balaban J connectivity index is 1.39. The summed E-state index contributed by atoms with van der Waals surface area (Å²) in [6.45, 7) is 4.68. The standard InChI is InChI=1S/C28H31N3O2/c1-20-5-4-6-24(17-20)21-7-9-22(10-8-21)27-25-18-30(28(33)23-11-13-29-14-12-23)15-2-3-16-31(25)26(27)19-32/h4-14,17,25-27,32H,2-3,15-16,18-19H2,1H3/t25-,26+,27-/m1/s1. The Morgan fingerprint density at radius 3 is 2.48 bits per heavy atom.